The Bertz CT molecular complexity index is 2820. The van der Waals surface area contributed by atoms with Crippen molar-refractivity contribution in [2.24, 2.45) is 0 Å². The third-order valence-corrected chi connectivity index (χ3v) is 9.47. The Hall–Kier alpha value is -6.85. The van der Waals surface area contributed by atoms with Crippen LogP contribution in [0.2, 0.25) is 0 Å². The van der Waals surface area contributed by atoms with Crippen molar-refractivity contribution >= 4 is 43.7 Å². The van der Waals surface area contributed by atoms with Crippen LogP contribution in [-0.4, -0.2) is 19.5 Å². The molecule has 0 aliphatic rings. The van der Waals surface area contributed by atoms with Crippen LogP contribution >= 0.6 is 0 Å². The summed E-state index contributed by atoms with van der Waals surface area (Å²) in [5, 5.41) is 4.44. The molecule has 0 amide bonds. The van der Waals surface area contributed by atoms with Crippen molar-refractivity contribution in [1.82, 2.24) is 19.5 Å². The van der Waals surface area contributed by atoms with E-state index in [0.717, 1.165) is 66.0 Å². The summed E-state index contributed by atoms with van der Waals surface area (Å²) < 4.78 is 8.68. The van der Waals surface area contributed by atoms with Gasteiger partial charge >= 0.3 is 0 Å². The number of aromatic nitrogens is 4. The third kappa shape index (κ3) is 4.60. The highest BCUT2D eigenvalue weighted by Crippen LogP contribution is 2.39. The van der Waals surface area contributed by atoms with Crippen molar-refractivity contribution in [2.45, 2.75) is 0 Å². The molecule has 3 heterocycles. The molecule has 7 aromatic carbocycles. The molecule has 0 saturated carbocycles. The van der Waals surface area contributed by atoms with Gasteiger partial charge in [0.2, 0.25) is 5.95 Å². The zero-order valence-electron chi connectivity index (χ0n) is 26.9. The second-order valence-corrected chi connectivity index (χ2v) is 12.5. The Balaban J connectivity index is 1.15. The molecule has 50 heavy (non-hydrogen) atoms. The molecule has 10 aromatic rings. The first kappa shape index (κ1) is 28.2. The van der Waals surface area contributed by atoms with Gasteiger partial charge in [-0.1, -0.05) is 133 Å². The summed E-state index contributed by atoms with van der Waals surface area (Å²) in [7, 11) is 0. The van der Waals surface area contributed by atoms with Crippen LogP contribution in [0, 0.1) is 0 Å². The van der Waals surface area contributed by atoms with Gasteiger partial charge < -0.3 is 4.42 Å². The summed E-state index contributed by atoms with van der Waals surface area (Å²) in [6, 6.07) is 58.6. The fraction of sp³-hybridized carbons (Fsp3) is 0. The lowest BCUT2D eigenvalue weighted by molar-refractivity contribution is 0.669. The Kier molecular flexibility index (Phi) is 6.42. The lowest BCUT2D eigenvalue weighted by Crippen LogP contribution is -2.06. The minimum atomic E-state index is 0.566. The molecule has 0 spiro atoms. The van der Waals surface area contributed by atoms with Crippen molar-refractivity contribution < 1.29 is 4.42 Å². The van der Waals surface area contributed by atoms with E-state index in [4.69, 9.17) is 19.4 Å². The maximum atomic E-state index is 6.55. The van der Waals surface area contributed by atoms with Gasteiger partial charge in [0.15, 0.2) is 11.6 Å². The van der Waals surface area contributed by atoms with Crippen molar-refractivity contribution in [2.75, 3.05) is 0 Å². The molecule has 0 radical (unpaired) electrons. The molecule has 5 nitrogen and oxygen atoms in total. The fourth-order valence-electron chi connectivity index (χ4n) is 7.15. The Labute approximate surface area is 287 Å². The van der Waals surface area contributed by atoms with Crippen LogP contribution < -0.4 is 0 Å². The maximum absolute atomic E-state index is 6.55. The number of benzene rings is 7. The van der Waals surface area contributed by atoms with Crippen LogP contribution in [0.4, 0.5) is 0 Å². The largest absolute Gasteiger partial charge is 0.456 e. The van der Waals surface area contributed by atoms with E-state index in [9.17, 15) is 0 Å². The number of nitrogens with zero attached hydrogens (tertiary/aromatic N) is 4. The molecule has 0 aliphatic carbocycles. The number of para-hydroxylation sites is 2. The van der Waals surface area contributed by atoms with E-state index in [1.165, 1.54) is 11.1 Å². The van der Waals surface area contributed by atoms with Gasteiger partial charge in [-0.2, -0.15) is 9.97 Å². The van der Waals surface area contributed by atoms with E-state index in [0.29, 0.717) is 17.6 Å². The van der Waals surface area contributed by atoms with Crippen molar-refractivity contribution in [3.8, 4) is 51.0 Å². The van der Waals surface area contributed by atoms with Gasteiger partial charge in [-0.15, -0.1) is 0 Å². The van der Waals surface area contributed by atoms with Gasteiger partial charge in [-0.25, -0.2) is 4.98 Å². The zero-order valence-corrected chi connectivity index (χ0v) is 26.9. The first-order valence-corrected chi connectivity index (χ1v) is 16.7. The van der Waals surface area contributed by atoms with Gasteiger partial charge in [0.1, 0.15) is 11.2 Å². The van der Waals surface area contributed by atoms with E-state index in [-0.39, 0.29) is 0 Å². The Morgan fingerprint density at radius 3 is 1.72 bits per heavy atom. The molecule has 0 unspecified atom stereocenters. The average Bonchev–Trinajstić information content (AvgIpc) is 3.74. The van der Waals surface area contributed by atoms with Crippen LogP contribution in [-0.2, 0) is 0 Å². The smallest absolute Gasteiger partial charge is 0.238 e. The molecular weight excluding hydrogens is 613 g/mol. The maximum Gasteiger partial charge on any atom is 0.238 e. The van der Waals surface area contributed by atoms with E-state index in [1.54, 1.807) is 0 Å². The molecule has 5 heteroatoms. The molecule has 0 aliphatic heterocycles. The van der Waals surface area contributed by atoms with E-state index < -0.39 is 0 Å². The van der Waals surface area contributed by atoms with Gasteiger partial charge in [-0.3, -0.25) is 4.57 Å². The Morgan fingerprint density at radius 1 is 0.380 bits per heavy atom. The van der Waals surface area contributed by atoms with Crippen LogP contribution in [0.3, 0.4) is 0 Å². The minimum Gasteiger partial charge on any atom is -0.456 e. The summed E-state index contributed by atoms with van der Waals surface area (Å²) in [5.74, 6) is 1.75. The molecule has 0 bridgehead atoms. The highest BCUT2D eigenvalue weighted by atomic mass is 16.3. The average molecular weight is 641 g/mol. The highest BCUT2D eigenvalue weighted by Gasteiger charge is 2.19. The van der Waals surface area contributed by atoms with Crippen molar-refractivity contribution in [1.29, 1.82) is 0 Å². The monoisotopic (exact) mass is 640 g/mol. The van der Waals surface area contributed by atoms with Gasteiger partial charge in [0.25, 0.3) is 0 Å². The van der Waals surface area contributed by atoms with E-state index in [1.807, 2.05) is 42.5 Å². The van der Waals surface area contributed by atoms with E-state index in [2.05, 4.69) is 132 Å². The molecule has 10 rings (SSSR count). The second kappa shape index (κ2) is 11.4. The summed E-state index contributed by atoms with van der Waals surface area (Å²) in [5.41, 5.74) is 10.1. The van der Waals surface area contributed by atoms with Crippen molar-refractivity contribution in [3.63, 3.8) is 0 Å². The predicted molar refractivity (Wildman–Crippen MR) is 203 cm³/mol. The lowest BCUT2D eigenvalue weighted by Gasteiger charge is -2.11. The summed E-state index contributed by atoms with van der Waals surface area (Å²) in [4.78, 5) is 15.2. The standard InChI is InChI=1S/C45H28N4O/c1-3-13-29(14-4-1)31-17-11-18-32(27-31)34-21-12-24-40-42(34)37-26-25-33(28-41(37)50-40)44-46-43(30-15-5-2-6-16-30)47-45(48-44)49-38-22-9-7-19-35(38)36-20-8-10-23-39(36)49/h1-28H. The molecule has 234 valence electrons. The molecule has 0 N–H and O–H groups in total. The number of rotatable bonds is 5. The fourth-order valence-corrected chi connectivity index (χ4v) is 7.15. The number of furan rings is 1. The first-order valence-electron chi connectivity index (χ1n) is 16.7. The van der Waals surface area contributed by atoms with Gasteiger partial charge in [-0.05, 0) is 58.7 Å². The first-order chi connectivity index (χ1) is 24.8. The molecule has 3 aromatic heterocycles. The molecule has 0 saturated heterocycles. The summed E-state index contributed by atoms with van der Waals surface area (Å²) >= 11 is 0. The van der Waals surface area contributed by atoms with E-state index >= 15 is 0 Å². The third-order valence-electron chi connectivity index (χ3n) is 9.47. The van der Waals surface area contributed by atoms with Gasteiger partial charge in [0.05, 0.1) is 11.0 Å². The number of hydrogen-bond acceptors (Lipinski definition) is 4. The highest BCUT2D eigenvalue weighted by molar-refractivity contribution is 6.13. The van der Waals surface area contributed by atoms with Crippen molar-refractivity contribution in [3.05, 3.63) is 170 Å². The van der Waals surface area contributed by atoms with Gasteiger partial charge in [0, 0.05) is 32.7 Å². The predicted octanol–water partition coefficient (Wildman–Crippen LogP) is 11.5. The molecule has 0 fully saturated rings. The quantitative estimate of drug-likeness (QED) is 0.188. The second-order valence-electron chi connectivity index (χ2n) is 12.5. The zero-order chi connectivity index (χ0) is 33.0. The van der Waals surface area contributed by atoms with Crippen LogP contribution in [0.1, 0.15) is 0 Å². The molecule has 0 atom stereocenters. The normalized spacial score (nSPS) is 11.6. The lowest BCUT2D eigenvalue weighted by atomic mass is 9.96. The minimum absolute atomic E-state index is 0.566. The summed E-state index contributed by atoms with van der Waals surface area (Å²) in [6.45, 7) is 0. The summed E-state index contributed by atoms with van der Waals surface area (Å²) in [6.07, 6.45) is 0. The van der Waals surface area contributed by atoms with Crippen LogP contribution in [0.5, 0.6) is 0 Å². The topological polar surface area (TPSA) is 56.7 Å². The number of hydrogen-bond donors (Lipinski definition) is 0. The molecular formula is C45H28N4O. The van der Waals surface area contributed by atoms with Crippen LogP contribution in [0.25, 0.3) is 94.7 Å². The number of fused-ring (bicyclic) bond motifs is 6. The SMILES string of the molecule is c1ccc(-c2cccc(-c3cccc4oc5cc(-c6nc(-c7ccccc7)nc(-n7c8ccccc8c8ccccc87)n6)ccc5c34)c2)cc1. The van der Waals surface area contributed by atoms with Crippen LogP contribution in [0.15, 0.2) is 174 Å². The Morgan fingerprint density at radius 2 is 0.980 bits per heavy atom.